The first kappa shape index (κ1) is 3.83. The molecule has 0 spiro atoms. The predicted octanol–water partition coefficient (Wildman–Crippen LogP) is 1.94. The van der Waals surface area contributed by atoms with Gasteiger partial charge in [0.2, 0.25) is 0 Å². The summed E-state index contributed by atoms with van der Waals surface area (Å²) >= 11 is 0. The van der Waals surface area contributed by atoms with E-state index in [-0.39, 0.29) is 0 Å². The fourth-order valence-electron chi connectivity index (χ4n) is 0.979. The monoisotopic (exact) mass is 119 g/mol. The molecule has 2 rings (SSSR count). The van der Waals surface area contributed by atoms with E-state index in [1.807, 2.05) is 24.3 Å². The number of aliphatic imine (C=N–C) groups is 1. The number of rotatable bonds is 0. The van der Waals surface area contributed by atoms with Crippen LogP contribution in [0.4, 0.5) is 5.69 Å². The third kappa shape index (κ3) is 0.653. The lowest BCUT2D eigenvalue weighted by Crippen LogP contribution is -1.75. The van der Waals surface area contributed by atoms with Gasteiger partial charge in [0.05, 0.1) is 7.06 Å². The van der Waals surface area contributed by atoms with E-state index in [0.29, 0.717) is 12.6 Å². The Morgan fingerprint density at radius 3 is 3.22 bits per heavy atom. The summed E-state index contributed by atoms with van der Waals surface area (Å²) in [4.78, 5) is 4.04. The molecule has 0 aliphatic carbocycles. The number of para-hydroxylation sites is 1. The summed E-state index contributed by atoms with van der Waals surface area (Å²) < 4.78 is 7.27. The second kappa shape index (κ2) is 1.69. The molecular formula is C8H7N. The van der Waals surface area contributed by atoms with Crippen LogP contribution in [0.5, 0.6) is 0 Å². The van der Waals surface area contributed by atoms with Gasteiger partial charge in [-0.15, -0.1) is 0 Å². The fraction of sp³-hybridized carbons (Fsp3) is 0.125. The van der Waals surface area contributed by atoms with Crippen molar-refractivity contribution in [1.82, 2.24) is 0 Å². The van der Waals surface area contributed by atoms with E-state index in [2.05, 4.69) is 4.99 Å². The molecule has 1 nitrogen and oxygen atoms in total. The van der Waals surface area contributed by atoms with Gasteiger partial charge in [-0.05, 0) is 11.6 Å². The Kier molecular flexibility index (Phi) is 0.719. The van der Waals surface area contributed by atoms with Crippen molar-refractivity contribution in [3.8, 4) is 0 Å². The van der Waals surface area contributed by atoms with Gasteiger partial charge in [-0.3, -0.25) is 4.99 Å². The molecule has 1 aliphatic heterocycles. The van der Waals surface area contributed by atoms with Crippen molar-refractivity contribution in [3.63, 3.8) is 0 Å². The third-order valence-corrected chi connectivity index (χ3v) is 1.46. The first-order valence-electron chi connectivity index (χ1n) is 3.48. The molecule has 0 radical (unpaired) electrons. The molecule has 0 atom stereocenters. The van der Waals surface area contributed by atoms with Gasteiger partial charge in [0.15, 0.2) is 0 Å². The number of fused-ring (bicyclic) bond motifs is 1. The zero-order valence-corrected chi connectivity index (χ0v) is 4.96. The van der Waals surface area contributed by atoms with Crippen LogP contribution < -0.4 is 0 Å². The van der Waals surface area contributed by atoms with Gasteiger partial charge in [0.25, 0.3) is 0 Å². The van der Waals surface area contributed by atoms with Crippen LogP contribution in [0.1, 0.15) is 6.93 Å². The molecule has 0 saturated carbocycles. The topological polar surface area (TPSA) is 12.4 Å². The maximum atomic E-state index is 7.27. The Labute approximate surface area is 55.5 Å². The second-order valence-electron chi connectivity index (χ2n) is 2.08. The number of nitrogens with zero attached hydrogens (tertiary/aromatic N) is 1. The zero-order valence-electron chi connectivity index (χ0n) is 5.96. The molecule has 0 fully saturated rings. The quantitative estimate of drug-likeness (QED) is 0.495. The molecule has 0 N–H and O–H groups in total. The van der Waals surface area contributed by atoms with Crippen molar-refractivity contribution in [2.45, 2.75) is 6.42 Å². The molecule has 44 valence electrons. The van der Waals surface area contributed by atoms with Gasteiger partial charge in [-0.1, -0.05) is 18.2 Å². The number of hydrogen-bond donors (Lipinski definition) is 0. The molecule has 0 unspecified atom stereocenters. The van der Waals surface area contributed by atoms with Crippen molar-refractivity contribution < 1.29 is 1.37 Å². The summed E-state index contributed by atoms with van der Waals surface area (Å²) in [7, 11) is 0. The van der Waals surface area contributed by atoms with Gasteiger partial charge in [0.1, 0.15) is 0 Å². The Bertz CT molecular complexity index is 291. The first-order chi connectivity index (χ1) is 4.86. The standard InChI is InChI=1S/C8H7N/c1-2-4-8-7(3-1)5-6-9-8/h1-4,6H,5H2/i6T. The summed E-state index contributed by atoms with van der Waals surface area (Å²) in [5.41, 5.74) is 2.14. The molecule has 0 amide bonds. The average molecular weight is 119 g/mol. The summed E-state index contributed by atoms with van der Waals surface area (Å²) in [6, 6.07) is 7.88. The Hall–Kier alpha value is -1.11. The van der Waals surface area contributed by atoms with E-state index in [1.165, 1.54) is 5.56 Å². The molecule has 0 saturated heterocycles. The highest BCUT2D eigenvalue weighted by Crippen LogP contribution is 2.22. The summed E-state index contributed by atoms with van der Waals surface area (Å²) in [6.45, 7) is 0. The summed E-state index contributed by atoms with van der Waals surface area (Å²) in [5, 5.41) is 0. The lowest BCUT2D eigenvalue weighted by atomic mass is 10.2. The molecule has 1 aliphatic rings. The minimum atomic E-state index is 0.473. The van der Waals surface area contributed by atoms with Gasteiger partial charge in [0, 0.05) is 12.6 Å². The number of benzene rings is 1. The highest BCUT2D eigenvalue weighted by atomic mass is 14.7. The maximum Gasteiger partial charge on any atom is 0.0795 e. The predicted molar refractivity (Wildman–Crippen MR) is 38.3 cm³/mol. The van der Waals surface area contributed by atoms with Crippen LogP contribution in [0, 0.1) is 0 Å². The lowest BCUT2D eigenvalue weighted by Gasteiger charge is -1.91. The zero-order chi connectivity index (χ0) is 6.97. The van der Waals surface area contributed by atoms with E-state index in [0.717, 1.165) is 5.69 Å². The van der Waals surface area contributed by atoms with Crippen LogP contribution in [0.15, 0.2) is 29.3 Å². The van der Waals surface area contributed by atoms with E-state index < -0.39 is 0 Å². The van der Waals surface area contributed by atoms with Gasteiger partial charge < -0.3 is 0 Å². The fourth-order valence-corrected chi connectivity index (χ4v) is 0.979. The minimum absolute atomic E-state index is 0.473. The Balaban J connectivity index is 2.54. The molecule has 1 aromatic carbocycles. The van der Waals surface area contributed by atoms with Crippen molar-refractivity contribution in [2.24, 2.45) is 4.99 Å². The highest BCUT2D eigenvalue weighted by Gasteiger charge is 2.01. The molecule has 0 bridgehead atoms. The van der Waals surface area contributed by atoms with Crippen LogP contribution in [-0.2, 0) is 6.42 Å². The van der Waals surface area contributed by atoms with Crippen molar-refractivity contribution in [2.75, 3.05) is 0 Å². The molecular weight excluding hydrogens is 110 g/mol. The van der Waals surface area contributed by atoms with Crippen molar-refractivity contribution in [3.05, 3.63) is 29.8 Å². The molecule has 1 heteroatoms. The number of hydrogen-bond acceptors (Lipinski definition) is 1. The van der Waals surface area contributed by atoms with Gasteiger partial charge >= 0.3 is 0 Å². The SMILES string of the molecule is [3H]C1=Nc2ccccc2C1. The first-order valence-corrected chi connectivity index (χ1v) is 2.98. The third-order valence-electron chi connectivity index (χ3n) is 1.46. The van der Waals surface area contributed by atoms with Gasteiger partial charge in [-0.2, -0.15) is 0 Å². The summed E-state index contributed by atoms with van der Waals surface area (Å²) in [6.07, 6.45) is 1.18. The van der Waals surface area contributed by atoms with Crippen LogP contribution in [-0.4, -0.2) is 6.19 Å². The van der Waals surface area contributed by atoms with E-state index in [9.17, 15) is 0 Å². The molecule has 0 aromatic heterocycles. The minimum Gasteiger partial charge on any atom is -0.261 e. The summed E-state index contributed by atoms with van der Waals surface area (Å²) in [5.74, 6) is 0. The largest absolute Gasteiger partial charge is 0.261 e. The van der Waals surface area contributed by atoms with Crippen molar-refractivity contribution >= 4 is 11.9 Å². The highest BCUT2D eigenvalue weighted by molar-refractivity contribution is 5.75. The lowest BCUT2D eigenvalue weighted by molar-refractivity contribution is 1.41. The maximum absolute atomic E-state index is 7.27. The van der Waals surface area contributed by atoms with Crippen LogP contribution >= 0.6 is 0 Å². The van der Waals surface area contributed by atoms with Crippen LogP contribution in [0.2, 0.25) is 0 Å². The second-order valence-corrected chi connectivity index (χ2v) is 2.08. The molecule has 9 heavy (non-hydrogen) atoms. The van der Waals surface area contributed by atoms with E-state index in [1.54, 1.807) is 0 Å². The normalized spacial score (nSPS) is 16.4. The van der Waals surface area contributed by atoms with E-state index >= 15 is 0 Å². The smallest absolute Gasteiger partial charge is 0.0795 e. The van der Waals surface area contributed by atoms with Gasteiger partial charge in [-0.25, -0.2) is 0 Å². The average Bonchev–Trinajstić information content (AvgIpc) is 2.27. The van der Waals surface area contributed by atoms with Crippen LogP contribution in [0.25, 0.3) is 0 Å². The Morgan fingerprint density at radius 1 is 1.44 bits per heavy atom. The molecule has 1 heterocycles. The Morgan fingerprint density at radius 2 is 2.33 bits per heavy atom. The van der Waals surface area contributed by atoms with E-state index in [4.69, 9.17) is 1.37 Å². The molecule has 1 aromatic rings. The van der Waals surface area contributed by atoms with Crippen molar-refractivity contribution in [1.29, 1.82) is 0 Å². The van der Waals surface area contributed by atoms with Crippen LogP contribution in [0.3, 0.4) is 0 Å².